The second-order valence-electron chi connectivity index (χ2n) is 5.61. The molecule has 2 nitrogen and oxygen atoms in total. The summed E-state index contributed by atoms with van der Waals surface area (Å²) >= 11 is 5.35. The molecule has 0 radical (unpaired) electrons. The van der Waals surface area contributed by atoms with Gasteiger partial charge in [-0.1, -0.05) is 19.3 Å². The Labute approximate surface area is 129 Å². The van der Waals surface area contributed by atoms with Crippen LogP contribution in [0.5, 0.6) is 0 Å². The quantitative estimate of drug-likeness (QED) is 0.743. The second kappa shape index (κ2) is 8.40. The van der Waals surface area contributed by atoms with Crippen molar-refractivity contribution in [2.45, 2.75) is 51.1 Å². The first kappa shape index (κ1) is 15.5. The van der Waals surface area contributed by atoms with Crippen LogP contribution < -0.4 is 5.32 Å². The predicted octanol–water partition coefficient (Wildman–Crippen LogP) is 4.25. The molecule has 0 aromatic carbocycles. The standard InChI is InChI=1S/C15H25BrN2S/c1-18(11-15-10-13(16)12-19-15)9-5-8-17-14-6-3-2-4-7-14/h10,12,14,17H,2-9,11H2,1H3. The van der Waals surface area contributed by atoms with E-state index in [2.05, 4.69) is 44.6 Å². The highest BCUT2D eigenvalue weighted by Crippen LogP contribution is 2.21. The van der Waals surface area contributed by atoms with E-state index in [0.717, 1.165) is 12.6 Å². The molecular formula is C15H25BrN2S. The first-order valence-corrected chi connectivity index (χ1v) is 9.06. The Hall–Kier alpha value is 0.1000. The van der Waals surface area contributed by atoms with Gasteiger partial charge in [0.15, 0.2) is 0 Å². The fraction of sp³-hybridized carbons (Fsp3) is 0.733. The summed E-state index contributed by atoms with van der Waals surface area (Å²) in [6.45, 7) is 3.41. The van der Waals surface area contributed by atoms with E-state index in [4.69, 9.17) is 0 Å². The topological polar surface area (TPSA) is 15.3 Å². The molecule has 2 rings (SSSR count). The molecule has 1 N–H and O–H groups in total. The Balaban J connectivity index is 1.54. The molecule has 1 aromatic heterocycles. The van der Waals surface area contributed by atoms with E-state index in [1.807, 2.05) is 11.3 Å². The van der Waals surface area contributed by atoms with Crippen molar-refractivity contribution in [2.24, 2.45) is 0 Å². The molecule has 1 aliphatic rings. The van der Waals surface area contributed by atoms with E-state index >= 15 is 0 Å². The van der Waals surface area contributed by atoms with Gasteiger partial charge in [-0.25, -0.2) is 0 Å². The fourth-order valence-electron chi connectivity index (χ4n) is 2.74. The number of thiophene rings is 1. The third-order valence-corrected chi connectivity index (χ3v) is 5.48. The third kappa shape index (κ3) is 5.94. The van der Waals surface area contributed by atoms with E-state index in [0.29, 0.717) is 0 Å². The van der Waals surface area contributed by atoms with Crippen LogP contribution in [0.4, 0.5) is 0 Å². The minimum Gasteiger partial charge on any atom is -0.314 e. The summed E-state index contributed by atoms with van der Waals surface area (Å²) < 4.78 is 1.21. The molecule has 0 spiro atoms. The van der Waals surface area contributed by atoms with Crippen LogP contribution in [0.15, 0.2) is 15.9 Å². The summed E-state index contributed by atoms with van der Waals surface area (Å²) in [6.07, 6.45) is 8.31. The average molecular weight is 345 g/mol. The van der Waals surface area contributed by atoms with Crippen molar-refractivity contribution in [1.82, 2.24) is 10.2 Å². The highest BCUT2D eigenvalue weighted by Gasteiger charge is 2.11. The number of rotatable bonds is 7. The highest BCUT2D eigenvalue weighted by molar-refractivity contribution is 9.10. The van der Waals surface area contributed by atoms with Crippen LogP contribution in [0, 0.1) is 0 Å². The van der Waals surface area contributed by atoms with Gasteiger partial charge in [0.25, 0.3) is 0 Å². The van der Waals surface area contributed by atoms with Crippen molar-refractivity contribution in [3.8, 4) is 0 Å². The zero-order valence-electron chi connectivity index (χ0n) is 11.8. The van der Waals surface area contributed by atoms with Crippen molar-refractivity contribution < 1.29 is 0 Å². The maximum Gasteiger partial charge on any atom is 0.0325 e. The molecule has 1 heterocycles. The maximum atomic E-state index is 3.71. The van der Waals surface area contributed by atoms with Gasteiger partial charge in [-0.15, -0.1) is 11.3 Å². The smallest absolute Gasteiger partial charge is 0.0325 e. The number of halogens is 1. The van der Waals surface area contributed by atoms with Crippen LogP contribution >= 0.6 is 27.3 Å². The second-order valence-corrected chi connectivity index (χ2v) is 7.52. The molecule has 19 heavy (non-hydrogen) atoms. The first-order valence-electron chi connectivity index (χ1n) is 7.39. The van der Waals surface area contributed by atoms with E-state index in [9.17, 15) is 0 Å². The molecule has 0 unspecified atom stereocenters. The molecule has 1 aromatic rings. The van der Waals surface area contributed by atoms with Gasteiger partial charge in [0, 0.05) is 27.3 Å². The molecular weight excluding hydrogens is 320 g/mol. The summed E-state index contributed by atoms with van der Waals surface area (Å²) in [5, 5.41) is 5.87. The molecule has 1 fully saturated rings. The van der Waals surface area contributed by atoms with E-state index in [1.54, 1.807) is 0 Å². The van der Waals surface area contributed by atoms with Crippen LogP contribution in [-0.4, -0.2) is 31.1 Å². The molecule has 1 saturated carbocycles. The predicted molar refractivity (Wildman–Crippen MR) is 87.8 cm³/mol. The number of hydrogen-bond acceptors (Lipinski definition) is 3. The Kier molecular flexibility index (Phi) is 6.85. The lowest BCUT2D eigenvalue weighted by Crippen LogP contribution is -2.33. The molecule has 0 amide bonds. The van der Waals surface area contributed by atoms with Crippen LogP contribution in [0.3, 0.4) is 0 Å². The minimum atomic E-state index is 0.798. The number of nitrogens with one attached hydrogen (secondary N) is 1. The van der Waals surface area contributed by atoms with Crippen molar-refractivity contribution in [1.29, 1.82) is 0 Å². The van der Waals surface area contributed by atoms with Gasteiger partial charge in [-0.3, -0.25) is 0 Å². The van der Waals surface area contributed by atoms with Crippen LogP contribution in [0.25, 0.3) is 0 Å². The van der Waals surface area contributed by atoms with Crippen molar-refractivity contribution in [3.63, 3.8) is 0 Å². The molecule has 0 atom stereocenters. The lowest BCUT2D eigenvalue weighted by Gasteiger charge is -2.23. The summed E-state index contributed by atoms with van der Waals surface area (Å²) in [5.41, 5.74) is 0. The molecule has 0 saturated heterocycles. The number of nitrogens with zero attached hydrogens (tertiary/aromatic N) is 1. The van der Waals surface area contributed by atoms with Crippen LogP contribution in [0.2, 0.25) is 0 Å². The van der Waals surface area contributed by atoms with Gasteiger partial charge in [0.1, 0.15) is 0 Å². The normalized spacial score (nSPS) is 17.2. The lowest BCUT2D eigenvalue weighted by atomic mass is 9.95. The summed E-state index contributed by atoms with van der Waals surface area (Å²) in [4.78, 5) is 3.86. The van der Waals surface area contributed by atoms with Crippen LogP contribution in [-0.2, 0) is 6.54 Å². The average Bonchev–Trinajstić information content (AvgIpc) is 2.81. The van der Waals surface area contributed by atoms with Gasteiger partial charge in [0.2, 0.25) is 0 Å². The lowest BCUT2D eigenvalue weighted by molar-refractivity contribution is 0.310. The Morgan fingerprint density at radius 1 is 1.37 bits per heavy atom. The van der Waals surface area contributed by atoms with E-state index in [1.165, 1.54) is 61.0 Å². The minimum absolute atomic E-state index is 0.798. The largest absolute Gasteiger partial charge is 0.314 e. The van der Waals surface area contributed by atoms with Gasteiger partial charge < -0.3 is 10.2 Å². The summed E-state index contributed by atoms with van der Waals surface area (Å²) in [7, 11) is 2.22. The Bertz CT molecular complexity index is 361. The first-order chi connectivity index (χ1) is 9.24. The fourth-order valence-corrected chi connectivity index (χ4v) is 4.27. The molecule has 1 aliphatic carbocycles. The van der Waals surface area contributed by atoms with Gasteiger partial charge in [0.05, 0.1) is 0 Å². The molecule has 108 valence electrons. The Morgan fingerprint density at radius 3 is 2.84 bits per heavy atom. The molecule has 4 heteroatoms. The van der Waals surface area contributed by atoms with Gasteiger partial charge in [-0.2, -0.15) is 0 Å². The monoisotopic (exact) mass is 344 g/mol. The zero-order valence-corrected chi connectivity index (χ0v) is 14.2. The van der Waals surface area contributed by atoms with E-state index in [-0.39, 0.29) is 0 Å². The van der Waals surface area contributed by atoms with E-state index < -0.39 is 0 Å². The Morgan fingerprint density at radius 2 is 2.16 bits per heavy atom. The highest BCUT2D eigenvalue weighted by atomic mass is 79.9. The van der Waals surface area contributed by atoms with Crippen molar-refractivity contribution in [3.05, 3.63) is 20.8 Å². The molecule has 0 bridgehead atoms. The van der Waals surface area contributed by atoms with Crippen molar-refractivity contribution >= 4 is 27.3 Å². The zero-order chi connectivity index (χ0) is 13.5. The SMILES string of the molecule is CN(CCCNC1CCCCC1)Cc1cc(Br)cs1. The van der Waals surface area contributed by atoms with Gasteiger partial charge >= 0.3 is 0 Å². The number of hydrogen-bond donors (Lipinski definition) is 1. The van der Waals surface area contributed by atoms with Gasteiger partial charge in [-0.05, 0) is 61.4 Å². The third-order valence-electron chi connectivity index (χ3n) is 3.80. The molecule has 0 aliphatic heterocycles. The summed E-state index contributed by atoms with van der Waals surface area (Å²) in [6, 6.07) is 3.02. The van der Waals surface area contributed by atoms with Crippen molar-refractivity contribution in [2.75, 3.05) is 20.1 Å². The van der Waals surface area contributed by atoms with Crippen LogP contribution in [0.1, 0.15) is 43.4 Å². The maximum absolute atomic E-state index is 3.71. The summed E-state index contributed by atoms with van der Waals surface area (Å²) in [5.74, 6) is 0.